The standard InChI is InChI=1S/C13H13F2N3O/c1-16-13(8-3-4-9(14)10(15)7-8)11-5-6-12(19-2)18-17-11/h3-7,13,16H,1-2H3. The highest BCUT2D eigenvalue weighted by Gasteiger charge is 2.16. The zero-order chi connectivity index (χ0) is 13.8. The van der Waals surface area contributed by atoms with Crippen LogP contribution in [0.3, 0.4) is 0 Å². The van der Waals surface area contributed by atoms with Crippen molar-refractivity contribution in [2.45, 2.75) is 6.04 Å². The van der Waals surface area contributed by atoms with Crippen LogP contribution in [-0.2, 0) is 0 Å². The minimum atomic E-state index is -0.890. The van der Waals surface area contributed by atoms with Crippen LogP contribution in [0.25, 0.3) is 0 Å². The number of nitrogens with zero attached hydrogens (tertiary/aromatic N) is 2. The van der Waals surface area contributed by atoms with Crippen LogP contribution in [0.4, 0.5) is 8.78 Å². The van der Waals surface area contributed by atoms with Gasteiger partial charge in [0.25, 0.3) is 0 Å². The molecule has 1 unspecified atom stereocenters. The van der Waals surface area contributed by atoms with Gasteiger partial charge in [-0.2, -0.15) is 0 Å². The highest BCUT2D eigenvalue weighted by molar-refractivity contribution is 5.29. The summed E-state index contributed by atoms with van der Waals surface area (Å²) in [6.45, 7) is 0. The number of rotatable bonds is 4. The summed E-state index contributed by atoms with van der Waals surface area (Å²) < 4.78 is 31.1. The molecule has 1 aromatic carbocycles. The van der Waals surface area contributed by atoms with Crippen LogP contribution in [0.2, 0.25) is 0 Å². The second-order valence-corrected chi connectivity index (χ2v) is 3.90. The molecule has 1 heterocycles. The van der Waals surface area contributed by atoms with E-state index in [2.05, 4.69) is 15.5 Å². The van der Waals surface area contributed by atoms with Crippen LogP contribution >= 0.6 is 0 Å². The van der Waals surface area contributed by atoms with Gasteiger partial charge in [0.05, 0.1) is 18.8 Å². The summed E-state index contributed by atoms with van der Waals surface area (Å²) in [4.78, 5) is 0. The third kappa shape index (κ3) is 2.85. The lowest BCUT2D eigenvalue weighted by Crippen LogP contribution is -2.19. The monoisotopic (exact) mass is 265 g/mol. The van der Waals surface area contributed by atoms with Crippen LogP contribution in [0.5, 0.6) is 5.88 Å². The summed E-state index contributed by atoms with van der Waals surface area (Å²) in [6, 6.07) is 6.74. The number of hydrogen-bond donors (Lipinski definition) is 1. The fourth-order valence-electron chi connectivity index (χ4n) is 1.77. The molecule has 0 radical (unpaired) electrons. The van der Waals surface area contributed by atoms with Crippen molar-refractivity contribution in [3.8, 4) is 5.88 Å². The third-order valence-corrected chi connectivity index (χ3v) is 2.73. The average molecular weight is 265 g/mol. The molecule has 0 fully saturated rings. The minimum absolute atomic E-state index is 0.367. The molecule has 1 atom stereocenters. The predicted octanol–water partition coefficient (Wildman–Crippen LogP) is 2.07. The van der Waals surface area contributed by atoms with Gasteiger partial charge in [0.2, 0.25) is 5.88 Å². The Labute approximate surface area is 109 Å². The van der Waals surface area contributed by atoms with E-state index in [0.29, 0.717) is 17.1 Å². The first-order valence-corrected chi connectivity index (χ1v) is 5.65. The molecule has 0 spiro atoms. The van der Waals surface area contributed by atoms with Crippen LogP contribution in [-0.4, -0.2) is 24.4 Å². The van der Waals surface area contributed by atoms with Crippen molar-refractivity contribution < 1.29 is 13.5 Å². The van der Waals surface area contributed by atoms with Gasteiger partial charge in [0, 0.05) is 6.07 Å². The molecule has 0 aliphatic rings. The Morgan fingerprint density at radius 1 is 1.11 bits per heavy atom. The van der Waals surface area contributed by atoms with Gasteiger partial charge >= 0.3 is 0 Å². The zero-order valence-corrected chi connectivity index (χ0v) is 10.5. The maximum atomic E-state index is 13.3. The van der Waals surface area contributed by atoms with E-state index in [9.17, 15) is 8.78 Å². The van der Waals surface area contributed by atoms with Crippen molar-refractivity contribution in [3.63, 3.8) is 0 Å². The molecule has 0 aliphatic carbocycles. The zero-order valence-electron chi connectivity index (χ0n) is 10.5. The van der Waals surface area contributed by atoms with Crippen molar-refractivity contribution in [2.75, 3.05) is 14.2 Å². The second kappa shape index (κ2) is 5.71. The Bertz CT molecular complexity index is 560. The summed E-state index contributed by atoms with van der Waals surface area (Å²) in [5, 5.41) is 10.8. The summed E-state index contributed by atoms with van der Waals surface area (Å²) in [5.74, 6) is -1.37. The molecule has 0 saturated carbocycles. The highest BCUT2D eigenvalue weighted by atomic mass is 19.2. The number of benzene rings is 1. The van der Waals surface area contributed by atoms with E-state index in [4.69, 9.17) is 4.74 Å². The Morgan fingerprint density at radius 3 is 2.42 bits per heavy atom. The molecule has 0 amide bonds. The fourth-order valence-corrected chi connectivity index (χ4v) is 1.77. The maximum Gasteiger partial charge on any atom is 0.233 e. The van der Waals surface area contributed by atoms with Crippen molar-refractivity contribution in [1.82, 2.24) is 15.5 Å². The van der Waals surface area contributed by atoms with Crippen molar-refractivity contribution in [1.29, 1.82) is 0 Å². The summed E-state index contributed by atoms with van der Waals surface area (Å²) in [5.41, 5.74) is 1.16. The molecule has 2 rings (SSSR count). The Morgan fingerprint density at radius 2 is 1.89 bits per heavy atom. The van der Waals surface area contributed by atoms with E-state index in [1.54, 1.807) is 19.2 Å². The van der Waals surface area contributed by atoms with E-state index in [-0.39, 0.29) is 6.04 Å². The molecule has 2 aromatic rings. The summed E-state index contributed by atoms with van der Waals surface area (Å²) >= 11 is 0. The van der Waals surface area contributed by atoms with Crippen molar-refractivity contribution in [3.05, 3.63) is 53.2 Å². The number of hydrogen-bond acceptors (Lipinski definition) is 4. The maximum absolute atomic E-state index is 13.3. The summed E-state index contributed by atoms with van der Waals surface area (Å²) in [6.07, 6.45) is 0. The molecule has 100 valence electrons. The average Bonchev–Trinajstić information content (AvgIpc) is 2.44. The van der Waals surface area contributed by atoms with E-state index < -0.39 is 11.6 Å². The molecule has 1 N–H and O–H groups in total. The van der Waals surface area contributed by atoms with Gasteiger partial charge < -0.3 is 10.1 Å². The highest BCUT2D eigenvalue weighted by Crippen LogP contribution is 2.22. The lowest BCUT2D eigenvalue weighted by atomic mass is 10.0. The SMILES string of the molecule is CNC(c1ccc(F)c(F)c1)c1ccc(OC)nn1. The smallest absolute Gasteiger partial charge is 0.233 e. The van der Waals surface area contributed by atoms with Crippen LogP contribution in [0, 0.1) is 11.6 Å². The molecular formula is C13H13F2N3O. The molecule has 0 saturated heterocycles. The van der Waals surface area contributed by atoms with Crippen LogP contribution < -0.4 is 10.1 Å². The fraction of sp³-hybridized carbons (Fsp3) is 0.231. The van der Waals surface area contributed by atoms with Crippen molar-refractivity contribution in [2.24, 2.45) is 0 Å². The van der Waals surface area contributed by atoms with Crippen LogP contribution in [0.1, 0.15) is 17.3 Å². The van der Waals surface area contributed by atoms with Gasteiger partial charge in [-0.25, -0.2) is 8.78 Å². The normalized spacial score (nSPS) is 12.2. The number of nitrogens with one attached hydrogen (secondary N) is 1. The molecule has 0 aliphatic heterocycles. The second-order valence-electron chi connectivity index (χ2n) is 3.90. The van der Waals surface area contributed by atoms with E-state index in [0.717, 1.165) is 12.1 Å². The number of methoxy groups -OCH3 is 1. The van der Waals surface area contributed by atoms with Gasteiger partial charge in [-0.15, -0.1) is 10.2 Å². The number of aromatic nitrogens is 2. The first kappa shape index (κ1) is 13.4. The van der Waals surface area contributed by atoms with E-state index >= 15 is 0 Å². The summed E-state index contributed by atoms with van der Waals surface area (Å²) in [7, 11) is 3.20. The Kier molecular flexibility index (Phi) is 4.01. The Balaban J connectivity index is 2.34. The lowest BCUT2D eigenvalue weighted by molar-refractivity contribution is 0.390. The third-order valence-electron chi connectivity index (χ3n) is 2.73. The molecule has 4 nitrogen and oxygen atoms in total. The molecule has 19 heavy (non-hydrogen) atoms. The van der Waals surface area contributed by atoms with Gasteiger partial charge in [-0.05, 0) is 30.8 Å². The van der Waals surface area contributed by atoms with Crippen LogP contribution in [0.15, 0.2) is 30.3 Å². The molecule has 6 heteroatoms. The van der Waals surface area contributed by atoms with Gasteiger partial charge in [-0.1, -0.05) is 6.07 Å². The van der Waals surface area contributed by atoms with Crippen molar-refractivity contribution >= 4 is 0 Å². The van der Waals surface area contributed by atoms with E-state index in [1.165, 1.54) is 13.2 Å². The largest absolute Gasteiger partial charge is 0.480 e. The number of halogens is 2. The quantitative estimate of drug-likeness (QED) is 0.919. The molecule has 0 bridgehead atoms. The molecule has 1 aromatic heterocycles. The van der Waals surface area contributed by atoms with E-state index in [1.807, 2.05) is 0 Å². The van der Waals surface area contributed by atoms with Gasteiger partial charge in [0.15, 0.2) is 11.6 Å². The topological polar surface area (TPSA) is 47.0 Å². The first-order chi connectivity index (χ1) is 9.15. The molecular weight excluding hydrogens is 252 g/mol. The number of ether oxygens (including phenoxy) is 1. The predicted molar refractivity (Wildman–Crippen MR) is 65.8 cm³/mol. The lowest BCUT2D eigenvalue weighted by Gasteiger charge is -2.15. The van der Waals surface area contributed by atoms with Gasteiger partial charge in [0.1, 0.15) is 0 Å². The Hall–Kier alpha value is -2.08. The first-order valence-electron chi connectivity index (χ1n) is 5.65. The van der Waals surface area contributed by atoms with Gasteiger partial charge in [-0.3, -0.25) is 0 Å². The minimum Gasteiger partial charge on any atom is -0.480 e.